The normalized spacial score (nSPS) is 15.3. The minimum atomic E-state index is -4.47. The van der Waals surface area contributed by atoms with E-state index in [-0.39, 0.29) is 5.92 Å². The zero-order valence-electron chi connectivity index (χ0n) is 7.81. The molecule has 0 rings (SSSR count). The lowest BCUT2D eigenvalue weighted by Gasteiger charge is -2.09. The summed E-state index contributed by atoms with van der Waals surface area (Å²) in [6.07, 6.45) is -3.60. The zero-order chi connectivity index (χ0) is 10.6. The first-order valence-electron chi connectivity index (χ1n) is 3.80. The van der Waals surface area contributed by atoms with E-state index in [0.717, 1.165) is 6.08 Å². The molecule has 0 aromatic rings. The number of nitrogens with zero attached hydrogens (tertiary/aromatic N) is 1. The Bertz CT molecular complexity index is 226. The molecule has 0 amide bonds. The fourth-order valence-corrected chi connectivity index (χ4v) is 0.731. The number of nitrogens with two attached hydrogens (primary N) is 1. The third kappa shape index (κ3) is 3.96. The SMILES string of the molecule is CN=C(C=C(N)C(F)(F)F)C(C)C. The molecule has 0 heterocycles. The molecule has 76 valence electrons. The van der Waals surface area contributed by atoms with E-state index < -0.39 is 11.9 Å². The number of rotatable bonds is 2. The van der Waals surface area contributed by atoms with E-state index in [9.17, 15) is 13.2 Å². The highest BCUT2D eigenvalue weighted by molar-refractivity contribution is 5.96. The Hall–Kier alpha value is -1.00. The molecule has 0 aliphatic carbocycles. The van der Waals surface area contributed by atoms with Crippen molar-refractivity contribution in [1.29, 1.82) is 0 Å². The van der Waals surface area contributed by atoms with E-state index in [1.54, 1.807) is 13.8 Å². The average molecular weight is 194 g/mol. The van der Waals surface area contributed by atoms with Crippen LogP contribution in [0.15, 0.2) is 16.8 Å². The highest BCUT2D eigenvalue weighted by Gasteiger charge is 2.31. The van der Waals surface area contributed by atoms with Gasteiger partial charge in [-0.3, -0.25) is 4.99 Å². The van der Waals surface area contributed by atoms with E-state index in [4.69, 9.17) is 5.73 Å². The van der Waals surface area contributed by atoms with Crippen molar-refractivity contribution in [2.75, 3.05) is 7.05 Å². The van der Waals surface area contributed by atoms with Crippen LogP contribution >= 0.6 is 0 Å². The Labute approximate surface area is 75.3 Å². The van der Waals surface area contributed by atoms with Crippen LogP contribution < -0.4 is 5.73 Å². The molecule has 0 aliphatic rings. The third-order valence-corrected chi connectivity index (χ3v) is 1.48. The van der Waals surface area contributed by atoms with Gasteiger partial charge in [0.25, 0.3) is 0 Å². The molecule has 0 aromatic carbocycles. The van der Waals surface area contributed by atoms with E-state index >= 15 is 0 Å². The second-order valence-corrected chi connectivity index (χ2v) is 2.90. The van der Waals surface area contributed by atoms with Gasteiger partial charge in [0.15, 0.2) is 0 Å². The van der Waals surface area contributed by atoms with E-state index in [1.165, 1.54) is 7.05 Å². The van der Waals surface area contributed by atoms with Crippen LogP contribution in [0.25, 0.3) is 0 Å². The Morgan fingerprint density at radius 2 is 1.85 bits per heavy atom. The standard InChI is InChI=1S/C8H13F3N2/c1-5(2)6(13-3)4-7(12)8(9,10)11/h4-5H,12H2,1-3H3. The summed E-state index contributed by atoms with van der Waals surface area (Å²) in [7, 11) is 1.44. The maximum Gasteiger partial charge on any atom is 0.430 e. The first-order valence-corrected chi connectivity index (χ1v) is 3.80. The number of aliphatic imine (C=N–C) groups is 1. The van der Waals surface area contributed by atoms with Crippen molar-refractivity contribution < 1.29 is 13.2 Å². The molecule has 13 heavy (non-hydrogen) atoms. The molecular formula is C8H13F3N2. The maximum absolute atomic E-state index is 12.0. The number of alkyl halides is 3. The second-order valence-electron chi connectivity index (χ2n) is 2.90. The number of hydrogen-bond acceptors (Lipinski definition) is 2. The summed E-state index contributed by atoms with van der Waals surface area (Å²) in [5.41, 5.74) is 4.05. The Morgan fingerprint density at radius 3 is 2.08 bits per heavy atom. The van der Waals surface area contributed by atoms with Gasteiger partial charge in [0.2, 0.25) is 0 Å². The molecular weight excluding hydrogens is 181 g/mol. The van der Waals surface area contributed by atoms with Gasteiger partial charge in [-0.15, -0.1) is 0 Å². The van der Waals surface area contributed by atoms with Crippen molar-refractivity contribution in [3.63, 3.8) is 0 Å². The third-order valence-electron chi connectivity index (χ3n) is 1.48. The molecule has 0 saturated carbocycles. The van der Waals surface area contributed by atoms with Crippen LogP contribution in [-0.2, 0) is 0 Å². The van der Waals surface area contributed by atoms with E-state index in [0.29, 0.717) is 5.71 Å². The highest BCUT2D eigenvalue weighted by Crippen LogP contribution is 2.21. The molecule has 0 atom stereocenters. The number of halogens is 3. The van der Waals surface area contributed by atoms with Crippen molar-refractivity contribution in [2.45, 2.75) is 20.0 Å². The van der Waals surface area contributed by atoms with Crippen LogP contribution in [0, 0.1) is 5.92 Å². The van der Waals surface area contributed by atoms with Gasteiger partial charge < -0.3 is 5.73 Å². The molecule has 0 aromatic heterocycles. The van der Waals surface area contributed by atoms with Crippen molar-refractivity contribution in [2.24, 2.45) is 16.6 Å². The highest BCUT2D eigenvalue weighted by atomic mass is 19.4. The zero-order valence-corrected chi connectivity index (χ0v) is 7.81. The number of hydrogen-bond donors (Lipinski definition) is 1. The van der Waals surface area contributed by atoms with Gasteiger partial charge in [-0.2, -0.15) is 13.2 Å². The lowest BCUT2D eigenvalue weighted by molar-refractivity contribution is -0.0925. The monoisotopic (exact) mass is 194 g/mol. The smallest absolute Gasteiger partial charge is 0.395 e. The molecule has 0 bridgehead atoms. The van der Waals surface area contributed by atoms with E-state index in [1.807, 2.05) is 0 Å². The summed E-state index contributed by atoms with van der Waals surface area (Å²) >= 11 is 0. The summed E-state index contributed by atoms with van der Waals surface area (Å²) in [5, 5.41) is 0. The van der Waals surface area contributed by atoms with Gasteiger partial charge in [-0.25, -0.2) is 0 Å². The minimum Gasteiger partial charge on any atom is -0.395 e. The molecule has 2 N–H and O–H groups in total. The van der Waals surface area contributed by atoms with Gasteiger partial charge in [0, 0.05) is 12.8 Å². The van der Waals surface area contributed by atoms with Gasteiger partial charge in [-0.1, -0.05) is 13.8 Å². The Balaban J connectivity index is 4.74. The van der Waals surface area contributed by atoms with Gasteiger partial charge in [0.05, 0.1) is 0 Å². The fraction of sp³-hybridized carbons (Fsp3) is 0.625. The van der Waals surface area contributed by atoms with Crippen molar-refractivity contribution in [3.05, 3.63) is 11.8 Å². The fourth-order valence-electron chi connectivity index (χ4n) is 0.731. The van der Waals surface area contributed by atoms with Crippen LogP contribution in [0.1, 0.15) is 13.8 Å². The molecule has 0 spiro atoms. The van der Waals surface area contributed by atoms with Crippen LogP contribution in [0.5, 0.6) is 0 Å². The molecule has 0 fully saturated rings. The molecule has 0 unspecified atom stereocenters. The largest absolute Gasteiger partial charge is 0.430 e. The molecule has 0 aliphatic heterocycles. The molecule has 5 heteroatoms. The van der Waals surface area contributed by atoms with Crippen molar-refractivity contribution in [3.8, 4) is 0 Å². The molecule has 0 radical (unpaired) electrons. The summed E-state index contributed by atoms with van der Waals surface area (Å²) in [6.45, 7) is 3.50. The van der Waals surface area contributed by atoms with Crippen LogP contribution in [-0.4, -0.2) is 18.9 Å². The summed E-state index contributed by atoms with van der Waals surface area (Å²) < 4.78 is 35.9. The quantitative estimate of drug-likeness (QED) is 0.672. The first kappa shape index (κ1) is 12.0. The van der Waals surface area contributed by atoms with Crippen molar-refractivity contribution in [1.82, 2.24) is 0 Å². The van der Waals surface area contributed by atoms with Gasteiger partial charge in [0.1, 0.15) is 5.70 Å². The second kappa shape index (κ2) is 4.30. The lowest BCUT2D eigenvalue weighted by atomic mass is 10.1. The van der Waals surface area contributed by atoms with Crippen LogP contribution in [0.4, 0.5) is 13.2 Å². The first-order chi connectivity index (χ1) is 5.79. The Kier molecular flexibility index (Phi) is 3.97. The maximum atomic E-state index is 12.0. The predicted octanol–water partition coefficient (Wildman–Crippen LogP) is 2.12. The van der Waals surface area contributed by atoms with Crippen LogP contribution in [0.2, 0.25) is 0 Å². The van der Waals surface area contributed by atoms with Crippen LogP contribution in [0.3, 0.4) is 0 Å². The molecule has 0 saturated heterocycles. The lowest BCUT2D eigenvalue weighted by Crippen LogP contribution is -2.21. The summed E-state index contributed by atoms with van der Waals surface area (Å²) in [6, 6.07) is 0. The Morgan fingerprint density at radius 1 is 1.38 bits per heavy atom. The number of allylic oxidation sites excluding steroid dienone is 2. The minimum absolute atomic E-state index is 0.0640. The topological polar surface area (TPSA) is 38.4 Å². The van der Waals surface area contributed by atoms with Gasteiger partial charge >= 0.3 is 6.18 Å². The average Bonchev–Trinajstić information content (AvgIpc) is 1.96. The summed E-state index contributed by atoms with van der Waals surface area (Å²) in [4.78, 5) is 3.70. The van der Waals surface area contributed by atoms with E-state index in [2.05, 4.69) is 4.99 Å². The predicted molar refractivity (Wildman–Crippen MR) is 46.5 cm³/mol. The molecule has 2 nitrogen and oxygen atoms in total. The summed E-state index contributed by atoms with van der Waals surface area (Å²) in [5.74, 6) is -0.0640. The van der Waals surface area contributed by atoms with Crippen molar-refractivity contribution >= 4 is 5.71 Å². The van der Waals surface area contributed by atoms with Gasteiger partial charge in [-0.05, 0) is 12.0 Å².